The van der Waals surface area contributed by atoms with E-state index >= 15 is 0 Å². The van der Waals surface area contributed by atoms with Crippen LogP contribution in [0, 0.1) is 0 Å². The Bertz CT molecular complexity index is 627. The first kappa shape index (κ1) is 20.0. The number of carbonyl (C=O) groups excluding carboxylic acids is 2. The summed E-state index contributed by atoms with van der Waals surface area (Å²) in [5.41, 5.74) is 1.17. The van der Waals surface area contributed by atoms with Crippen molar-refractivity contribution in [3.63, 3.8) is 0 Å². The second kappa shape index (κ2) is 8.87. The Labute approximate surface area is 155 Å². The molecule has 0 spiro atoms. The number of nitrogens with one attached hydrogen (secondary N) is 1. The summed E-state index contributed by atoms with van der Waals surface area (Å²) in [5, 5.41) is 2.95. The number of anilines is 1. The molecule has 0 unspecified atom stereocenters. The topological polar surface area (TPSA) is 80.8 Å². The van der Waals surface area contributed by atoms with Gasteiger partial charge in [0.15, 0.2) is 0 Å². The molecule has 1 N–H and O–H groups in total. The minimum Gasteiger partial charge on any atom is -0.466 e. The van der Waals surface area contributed by atoms with Crippen molar-refractivity contribution in [1.29, 1.82) is 0 Å². The van der Waals surface area contributed by atoms with E-state index in [0.717, 1.165) is 25.1 Å². The van der Waals surface area contributed by atoms with Crippen LogP contribution < -0.4 is 10.2 Å². The Morgan fingerprint density at radius 1 is 1.38 bits per heavy atom. The molecule has 1 atom stereocenters. The van der Waals surface area contributed by atoms with Crippen molar-refractivity contribution in [2.24, 2.45) is 0 Å². The minimum atomic E-state index is -0.508. The molecule has 7 nitrogen and oxygen atoms in total. The van der Waals surface area contributed by atoms with Crippen LogP contribution in [0.5, 0.6) is 0 Å². The number of piperidine rings is 1. The Morgan fingerprint density at radius 2 is 2.15 bits per heavy atom. The largest absolute Gasteiger partial charge is 0.466 e. The Kier molecular flexibility index (Phi) is 6.83. The van der Waals surface area contributed by atoms with Crippen molar-refractivity contribution in [1.82, 2.24) is 10.3 Å². The molecule has 0 radical (unpaired) electrons. The van der Waals surface area contributed by atoms with Gasteiger partial charge in [-0.15, -0.1) is 0 Å². The van der Waals surface area contributed by atoms with Crippen LogP contribution >= 0.6 is 0 Å². The van der Waals surface area contributed by atoms with Gasteiger partial charge in [-0.3, -0.25) is 9.78 Å². The molecule has 26 heavy (non-hydrogen) atoms. The van der Waals surface area contributed by atoms with Gasteiger partial charge in [-0.2, -0.15) is 0 Å². The number of hydrogen-bond acceptors (Lipinski definition) is 6. The van der Waals surface area contributed by atoms with E-state index in [4.69, 9.17) is 9.47 Å². The van der Waals surface area contributed by atoms with Crippen molar-refractivity contribution in [2.45, 2.75) is 58.6 Å². The Balaban J connectivity index is 1.96. The molecule has 7 heteroatoms. The average Bonchev–Trinajstić information content (AvgIpc) is 2.53. The van der Waals surface area contributed by atoms with E-state index in [-0.39, 0.29) is 24.5 Å². The van der Waals surface area contributed by atoms with E-state index < -0.39 is 5.60 Å². The fourth-order valence-electron chi connectivity index (χ4n) is 2.92. The van der Waals surface area contributed by atoms with Crippen LogP contribution in [0.3, 0.4) is 0 Å². The lowest BCUT2D eigenvalue weighted by atomic mass is 10.0. The summed E-state index contributed by atoms with van der Waals surface area (Å²) in [5.74, 6) is -0.278. The second-order valence-corrected chi connectivity index (χ2v) is 7.42. The van der Waals surface area contributed by atoms with Crippen LogP contribution in [0.1, 0.15) is 46.2 Å². The minimum absolute atomic E-state index is 0.0280. The quantitative estimate of drug-likeness (QED) is 0.810. The number of esters is 1. The number of alkyl carbamates (subject to hydrolysis) is 1. The summed E-state index contributed by atoms with van der Waals surface area (Å²) in [6, 6.07) is 3.86. The van der Waals surface area contributed by atoms with Crippen molar-refractivity contribution in [2.75, 3.05) is 24.6 Å². The lowest BCUT2D eigenvalue weighted by molar-refractivity contribution is -0.142. The molecule has 1 aromatic heterocycles. The lowest BCUT2D eigenvalue weighted by Crippen LogP contribution is -2.49. The highest BCUT2D eigenvalue weighted by Crippen LogP contribution is 2.21. The van der Waals surface area contributed by atoms with E-state index in [1.165, 1.54) is 0 Å². The molecule has 2 rings (SSSR count). The number of aromatic nitrogens is 1. The maximum atomic E-state index is 12.0. The monoisotopic (exact) mass is 363 g/mol. The van der Waals surface area contributed by atoms with Crippen LogP contribution in [-0.4, -0.2) is 48.4 Å². The molecule has 144 valence electrons. The molecule has 0 aliphatic carbocycles. The summed E-state index contributed by atoms with van der Waals surface area (Å²) < 4.78 is 10.3. The van der Waals surface area contributed by atoms with Crippen molar-refractivity contribution in [3.8, 4) is 0 Å². The van der Waals surface area contributed by atoms with E-state index in [0.29, 0.717) is 18.8 Å². The van der Waals surface area contributed by atoms with E-state index in [9.17, 15) is 9.59 Å². The van der Waals surface area contributed by atoms with Gasteiger partial charge in [-0.25, -0.2) is 4.79 Å². The molecule has 0 bridgehead atoms. The third-order valence-corrected chi connectivity index (χ3v) is 3.94. The highest BCUT2D eigenvalue weighted by atomic mass is 16.6. The molecule has 1 amide bonds. The maximum Gasteiger partial charge on any atom is 0.407 e. The SMILES string of the molecule is CCOC(=O)Cc1cc(N2CCC[C@@H](NC(=O)OC(C)(C)C)C2)ccn1. The predicted octanol–water partition coefficient (Wildman–Crippen LogP) is 2.68. The van der Waals surface area contributed by atoms with E-state index in [1.54, 1.807) is 13.1 Å². The number of amides is 1. The molecule has 1 aliphatic rings. The van der Waals surface area contributed by atoms with Gasteiger partial charge in [0.05, 0.1) is 18.7 Å². The Hall–Kier alpha value is -2.31. The third kappa shape index (κ3) is 6.54. The summed E-state index contributed by atoms with van der Waals surface area (Å²) in [7, 11) is 0. The zero-order valence-corrected chi connectivity index (χ0v) is 16.1. The number of hydrogen-bond donors (Lipinski definition) is 1. The molecule has 1 aromatic rings. The second-order valence-electron chi connectivity index (χ2n) is 7.42. The zero-order chi connectivity index (χ0) is 19.2. The summed E-state index contributed by atoms with van der Waals surface area (Å²) in [6.07, 6.45) is 3.36. The van der Waals surface area contributed by atoms with Crippen LogP contribution in [0.25, 0.3) is 0 Å². The van der Waals surface area contributed by atoms with Gasteiger partial charge in [0.2, 0.25) is 0 Å². The molecule has 0 aromatic carbocycles. The third-order valence-electron chi connectivity index (χ3n) is 3.94. The number of ether oxygens (including phenoxy) is 2. The van der Waals surface area contributed by atoms with Crippen LogP contribution in [0.15, 0.2) is 18.3 Å². The van der Waals surface area contributed by atoms with Gasteiger partial charge in [-0.1, -0.05) is 0 Å². The highest BCUT2D eigenvalue weighted by Gasteiger charge is 2.24. The molecule has 2 heterocycles. The molecule has 1 saturated heterocycles. The number of rotatable bonds is 5. The van der Waals surface area contributed by atoms with E-state index in [1.807, 2.05) is 32.9 Å². The van der Waals surface area contributed by atoms with Crippen molar-refractivity contribution >= 4 is 17.7 Å². The van der Waals surface area contributed by atoms with Gasteiger partial charge in [-0.05, 0) is 52.7 Å². The maximum absolute atomic E-state index is 12.0. The van der Waals surface area contributed by atoms with Crippen LogP contribution in [-0.2, 0) is 20.7 Å². The van der Waals surface area contributed by atoms with Gasteiger partial charge in [0.25, 0.3) is 0 Å². The summed E-state index contributed by atoms with van der Waals surface area (Å²) >= 11 is 0. The fraction of sp³-hybridized carbons (Fsp3) is 0.632. The normalized spacial score (nSPS) is 17.5. The molecule has 0 saturated carbocycles. The fourth-order valence-corrected chi connectivity index (χ4v) is 2.92. The Morgan fingerprint density at radius 3 is 2.85 bits per heavy atom. The van der Waals surface area contributed by atoms with Crippen molar-refractivity contribution in [3.05, 3.63) is 24.0 Å². The number of nitrogens with zero attached hydrogens (tertiary/aromatic N) is 2. The lowest BCUT2D eigenvalue weighted by Gasteiger charge is -2.35. The number of pyridine rings is 1. The number of carbonyl (C=O) groups is 2. The van der Waals surface area contributed by atoms with Crippen molar-refractivity contribution < 1.29 is 19.1 Å². The van der Waals surface area contributed by atoms with Crippen LogP contribution in [0.4, 0.5) is 10.5 Å². The first-order valence-corrected chi connectivity index (χ1v) is 9.12. The standard InChI is InChI=1S/C19H29N3O4/c1-5-25-17(23)12-15-11-16(8-9-20-15)22-10-6-7-14(13-22)21-18(24)26-19(2,3)4/h8-9,11,14H,5-7,10,12-13H2,1-4H3,(H,21,24)/t14-/m1/s1. The first-order valence-electron chi connectivity index (χ1n) is 9.12. The predicted molar refractivity (Wildman–Crippen MR) is 99.2 cm³/mol. The molecular weight excluding hydrogens is 334 g/mol. The van der Waals surface area contributed by atoms with Gasteiger partial charge < -0.3 is 19.7 Å². The van der Waals surface area contributed by atoms with Gasteiger partial charge >= 0.3 is 12.1 Å². The van der Waals surface area contributed by atoms with Gasteiger partial charge in [0.1, 0.15) is 5.60 Å². The van der Waals surface area contributed by atoms with Crippen LogP contribution in [0.2, 0.25) is 0 Å². The van der Waals surface area contributed by atoms with E-state index in [2.05, 4.69) is 15.2 Å². The smallest absolute Gasteiger partial charge is 0.407 e. The van der Waals surface area contributed by atoms with Gasteiger partial charge in [0, 0.05) is 31.0 Å². The summed E-state index contributed by atoms with van der Waals surface area (Å²) in [6.45, 7) is 9.29. The zero-order valence-electron chi connectivity index (χ0n) is 16.1. The molecule has 1 aliphatic heterocycles. The molecule has 1 fully saturated rings. The summed E-state index contributed by atoms with van der Waals surface area (Å²) in [4.78, 5) is 30.1. The average molecular weight is 363 g/mol. The highest BCUT2D eigenvalue weighted by molar-refractivity contribution is 5.72. The first-order chi connectivity index (χ1) is 12.3. The molecular formula is C19H29N3O4.